The molecule has 0 aliphatic heterocycles. The third-order valence-corrected chi connectivity index (χ3v) is 4.25. The Hall–Kier alpha value is -1.23. The van der Waals surface area contributed by atoms with Gasteiger partial charge in [-0.3, -0.25) is 4.90 Å². The number of ether oxygens (including phenoxy) is 1. The number of carbonyl (C=O) groups is 1. The van der Waals surface area contributed by atoms with E-state index in [0.717, 1.165) is 0 Å². The lowest BCUT2D eigenvalue weighted by Crippen LogP contribution is -2.51. The van der Waals surface area contributed by atoms with E-state index in [1.54, 1.807) is 52.1 Å². The topological polar surface area (TPSA) is 49.8 Å². The van der Waals surface area contributed by atoms with Crippen molar-refractivity contribution in [2.24, 2.45) is 0 Å². The van der Waals surface area contributed by atoms with Gasteiger partial charge < -0.3 is 9.84 Å². The Labute approximate surface area is 147 Å². The van der Waals surface area contributed by atoms with Crippen LogP contribution in [0.2, 0.25) is 10.0 Å². The summed E-state index contributed by atoms with van der Waals surface area (Å²) < 4.78 is 5.41. The normalized spacial score (nSPS) is 14.0. The van der Waals surface area contributed by atoms with E-state index in [2.05, 4.69) is 6.58 Å². The first kappa shape index (κ1) is 19.8. The molecule has 0 saturated heterocycles. The molecule has 0 spiro atoms. The zero-order chi connectivity index (χ0) is 17.8. The Morgan fingerprint density at radius 1 is 1.35 bits per heavy atom. The molecule has 1 rings (SSSR count). The Kier molecular flexibility index (Phi) is 6.51. The van der Waals surface area contributed by atoms with Gasteiger partial charge in [-0.25, -0.2) is 4.79 Å². The maximum Gasteiger partial charge on any atom is 0.410 e. The van der Waals surface area contributed by atoms with E-state index < -0.39 is 17.2 Å². The van der Waals surface area contributed by atoms with Crippen molar-refractivity contribution in [1.29, 1.82) is 0 Å². The molecule has 1 atom stereocenters. The summed E-state index contributed by atoms with van der Waals surface area (Å²) in [5.74, 6) is 0. The van der Waals surface area contributed by atoms with Gasteiger partial charge in [0.15, 0.2) is 0 Å². The van der Waals surface area contributed by atoms with E-state index >= 15 is 0 Å². The number of aliphatic hydroxyl groups excluding tert-OH is 1. The smallest absolute Gasteiger partial charge is 0.410 e. The molecular formula is C17H23Cl2NO3. The van der Waals surface area contributed by atoms with Gasteiger partial charge in [-0.05, 0) is 44.9 Å². The number of halogens is 2. The molecule has 0 saturated carbocycles. The Bertz CT molecular complexity index is 584. The van der Waals surface area contributed by atoms with Crippen LogP contribution in [0.5, 0.6) is 0 Å². The minimum atomic E-state index is -1.03. The molecule has 0 fully saturated rings. The van der Waals surface area contributed by atoms with Gasteiger partial charge in [0.1, 0.15) is 5.60 Å². The second-order valence-corrected chi connectivity index (χ2v) is 7.17. The van der Waals surface area contributed by atoms with E-state index in [9.17, 15) is 9.90 Å². The number of rotatable bonds is 5. The standard InChI is InChI=1S/C17H23Cl2NO3/c1-6-9-17(11-21,12-7-8-13(18)14(19)10-12)20(5)15(22)23-16(2,3)4/h6-8,10,21H,1,9,11H2,2-5H3/t17-/m1/s1. The summed E-state index contributed by atoms with van der Waals surface area (Å²) in [6, 6.07) is 5.01. The van der Waals surface area contributed by atoms with Crippen LogP contribution in [0.25, 0.3) is 0 Å². The fourth-order valence-electron chi connectivity index (χ4n) is 2.24. The molecule has 0 unspecified atom stereocenters. The van der Waals surface area contributed by atoms with Crippen molar-refractivity contribution >= 4 is 29.3 Å². The summed E-state index contributed by atoms with van der Waals surface area (Å²) in [7, 11) is 1.58. The van der Waals surface area contributed by atoms with Gasteiger partial charge in [-0.15, -0.1) is 6.58 Å². The van der Waals surface area contributed by atoms with Crippen molar-refractivity contribution in [3.8, 4) is 0 Å². The van der Waals surface area contributed by atoms with Gasteiger partial charge in [-0.1, -0.05) is 35.3 Å². The molecule has 0 radical (unpaired) electrons. The van der Waals surface area contributed by atoms with Crippen molar-refractivity contribution in [3.63, 3.8) is 0 Å². The minimum absolute atomic E-state index is 0.313. The van der Waals surface area contributed by atoms with Gasteiger partial charge in [0.25, 0.3) is 0 Å². The number of carbonyl (C=O) groups excluding carboxylic acids is 1. The molecule has 1 amide bonds. The van der Waals surface area contributed by atoms with Crippen molar-refractivity contribution < 1.29 is 14.6 Å². The van der Waals surface area contributed by atoms with Crippen LogP contribution in [0.1, 0.15) is 32.8 Å². The average Bonchev–Trinajstić information content (AvgIpc) is 2.45. The number of benzene rings is 1. The van der Waals surface area contributed by atoms with Crippen LogP contribution in [0.4, 0.5) is 4.79 Å². The maximum absolute atomic E-state index is 12.5. The van der Waals surface area contributed by atoms with Crippen LogP contribution in [0, 0.1) is 0 Å². The summed E-state index contributed by atoms with van der Waals surface area (Å²) in [6.45, 7) is 8.76. The highest BCUT2D eigenvalue weighted by Crippen LogP contribution is 2.36. The fraction of sp³-hybridized carbons (Fsp3) is 0.471. The number of aliphatic hydroxyl groups is 1. The predicted molar refractivity (Wildman–Crippen MR) is 94.0 cm³/mol. The zero-order valence-electron chi connectivity index (χ0n) is 13.9. The third-order valence-electron chi connectivity index (χ3n) is 3.51. The largest absolute Gasteiger partial charge is 0.444 e. The van der Waals surface area contributed by atoms with E-state index in [0.29, 0.717) is 22.0 Å². The average molecular weight is 360 g/mol. The first-order chi connectivity index (χ1) is 10.6. The quantitative estimate of drug-likeness (QED) is 0.780. The molecule has 4 nitrogen and oxygen atoms in total. The summed E-state index contributed by atoms with van der Waals surface area (Å²) in [5.41, 5.74) is -1.01. The van der Waals surface area contributed by atoms with E-state index in [1.165, 1.54) is 4.90 Å². The number of amides is 1. The summed E-state index contributed by atoms with van der Waals surface area (Å²) in [5, 5.41) is 10.8. The molecule has 0 heterocycles. The first-order valence-electron chi connectivity index (χ1n) is 7.21. The molecule has 0 aliphatic carbocycles. The van der Waals surface area contributed by atoms with Crippen LogP contribution in [0.3, 0.4) is 0 Å². The van der Waals surface area contributed by atoms with Gasteiger partial charge in [0.2, 0.25) is 0 Å². The number of hydrogen-bond donors (Lipinski definition) is 1. The van der Waals surface area contributed by atoms with Crippen LogP contribution < -0.4 is 0 Å². The van der Waals surface area contributed by atoms with Gasteiger partial charge in [-0.2, -0.15) is 0 Å². The fourth-order valence-corrected chi connectivity index (χ4v) is 2.54. The lowest BCUT2D eigenvalue weighted by molar-refractivity contribution is -0.0107. The second-order valence-electron chi connectivity index (χ2n) is 6.35. The summed E-state index contributed by atoms with van der Waals surface area (Å²) in [6.07, 6.45) is 1.43. The van der Waals surface area contributed by atoms with Gasteiger partial charge in [0, 0.05) is 7.05 Å². The number of nitrogens with zero attached hydrogens (tertiary/aromatic N) is 1. The third kappa shape index (κ3) is 4.63. The Morgan fingerprint density at radius 2 is 1.96 bits per heavy atom. The molecular weight excluding hydrogens is 337 g/mol. The maximum atomic E-state index is 12.5. The van der Waals surface area contributed by atoms with E-state index in [1.807, 2.05) is 0 Å². The first-order valence-corrected chi connectivity index (χ1v) is 7.97. The van der Waals surface area contributed by atoms with Crippen molar-refractivity contribution in [3.05, 3.63) is 46.5 Å². The van der Waals surface area contributed by atoms with Gasteiger partial charge >= 0.3 is 6.09 Å². The number of hydrogen-bond acceptors (Lipinski definition) is 3. The van der Waals surface area contributed by atoms with Crippen molar-refractivity contribution in [2.45, 2.75) is 38.3 Å². The SMILES string of the molecule is C=CC[C@@](CO)(c1ccc(Cl)c(Cl)c1)N(C)C(=O)OC(C)(C)C. The van der Waals surface area contributed by atoms with Crippen LogP contribution in [-0.2, 0) is 10.3 Å². The van der Waals surface area contributed by atoms with Crippen LogP contribution >= 0.6 is 23.2 Å². The molecule has 23 heavy (non-hydrogen) atoms. The minimum Gasteiger partial charge on any atom is -0.444 e. The summed E-state index contributed by atoms with van der Waals surface area (Å²) >= 11 is 12.1. The lowest BCUT2D eigenvalue weighted by atomic mass is 9.86. The predicted octanol–water partition coefficient (Wildman–Crippen LogP) is 4.62. The van der Waals surface area contributed by atoms with Crippen LogP contribution in [0.15, 0.2) is 30.9 Å². The monoisotopic (exact) mass is 359 g/mol. The van der Waals surface area contributed by atoms with Gasteiger partial charge in [0.05, 0.1) is 22.2 Å². The van der Waals surface area contributed by atoms with Crippen molar-refractivity contribution in [2.75, 3.05) is 13.7 Å². The Morgan fingerprint density at radius 3 is 2.39 bits per heavy atom. The second kappa shape index (κ2) is 7.56. The van der Waals surface area contributed by atoms with Crippen LogP contribution in [-0.4, -0.2) is 35.4 Å². The highest BCUT2D eigenvalue weighted by Gasteiger charge is 2.40. The molecule has 0 aliphatic rings. The molecule has 0 aromatic heterocycles. The molecule has 1 N–H and O–H groups in total. The highest BCUT2D eigenvalue weighted by atomic mass is 35.5. The lowest BCUT2D eigenvalue weighted by Gasteiger charge is -2.41. The highest BCUT2D eigenvalue weighted by molar-refractivity contribution is 6.42. The van der Waals surface area contributed by atoms with E-state index in [4.69, 9.17) is 27.9 Å². The molecule has 6 heteroatoms. The Balaban J connectivity index is 3.32. The summed E-state index contributed by atoms with van der Waals surface area (Å²) in [4.78, 5) is 13.8. The van der Waals surface area contributed by atoms with Crippen molar-refractivity contribution in [1.82, 2.24) is 4.90 Å². The number of likely N-dealkylation sites (N-methyl/N-ethyl adjacent to an activating group) is 1. The molecule has 128 valence electrons. The molecule has 1 aromatic rings. The molecule has 0 bridgehead atoms. The molecule has 1 aromatic carbocycles. The van der Waals surface area contributed by atoms with E-state index in [-0.39, 0.29) is 6.61 Å². The zero-order valence-corrected chi connectivity index (χ0v) is 15.4.